The van der Waals surface area contributed by atoms with Crippen molar-refractivity contribution in [2.75, 3.05) is 13.2 Å². The lowest BCUT2D eigenvalue weighted by atomic mass is 10.1. The lowest BCUT2D eigenvalue weighted by Crippen LogP contribution is -2.46. The van der Waals surface area contributed by atoms with Gasteiger partial charge in [-0.3, -0.25) is 4.90 Å². The Hall–Kier alpha value is -0.900. The van der Waals surface area contributed by atoms with E-state index in [1.54, 1.807) is 0 Å². The van der Waals surface area contributed by atoms with E-state index in [1.807, 2.05) is 0 Å². The zero-order valence-corrected chi connectivity index (χ0v) is 13.2. The molecule has 0 amide bonds. The van der Waals surface area contributed by atoms with Crippen molar-refractivity contribution in [1.29, 1.82) is 0 Å². The van der Waals surface area contributed by atoms with Crippen LogP contribution in [0.25, 0.3) is 0 Å². The van der Waals surface area contributed by atoms with Gasteiger partial charge in [0, 0.05) is 31.7 Å². The molecule has 0 aliphatic carbocycles. The molecule has 1 aliphatic rings. The van der Waals surface area contributed by atoms with Crippen LogP contribution in [0.1, 0.15) is 38.8 Å². The third-order valence-corrected chi connectivity index (χ3v) is 3.83. The fourth-order valence-electron chi connectivity index (χ4n) is 2.59. The molecule has 112 valence electrons. The van der Waals surface area contributed by atoms with E-state index in [-0.39, 0.29) is 0 Å². The van der Waals surface area contributed by atoms with Gasteiger partial charge in [0.2, 0.25) is 0 Å². The second kappa shape index (κ2) is 7.21. The summed E-state index contributed by atoms with van der Waals surface area (Å²) in [5, 5.41) is 3.47. The van der Waals surface area contributed by atoms with Gasteiger partial charge in [0.05, 0.1) is 12.7 Å². The van der Waals surface area contributed by atoms with Crippen LogP contribution in [0.15, 0.2) is 24.3 Å². The van der Waals surface area contributed by atoms with Crippen molar-refractivity contribution in [1.82, 2.24) is 10.2 Å². The molecule has 0 aromatic heterocycles. The smallest absolute Gasteiger partial charge is 0.0674 e. The monoisotopic (exact) mass is 276 g/mol. The van der Waals surface area contributed by atoms with Crippen molar-refractivity contribution >= 4 is 0 Å². The lowest BCUT2D eigenvalue weighted by Gasteiger charge is -2.36. The number of benzene rings is 1. The number of nitrogens with zero attached hydrogens (tertiary/aromatic N) is 1. The zero-order valence-electron chi connectivity index (χ0n) is 13.2. The largest absolute Gasteiger partial charge is 0.376 e. The van der Waals surface area contributed by atoms with E-state index in [0.717, 1.165) is 26.2 Å². The van der Waals surface area contributed by atoms with E-state index in [1.165, 1.54) is 11.1 Å². The molecule has 1 N–H and O–H groups in total. The molecule has 0 radical (unpaired) electrons. The molecule has 2 unspecified atom stereocenters. The first-order valence-electron chi connectivity index (χ1n) is 7.71. The fraction of sp³-hybridized carbons (Fsp3) is 0.647. The van der Waals surface area contributed by atoms with Gasteiger partial charge in [0.15, 0.2) is 0 Å². The van der Waals surface area contributed by atoms with Gasteiger partial charge < -0.3 is 10.1 Å². The molecule has 0 bridgehead atoms. The highest BCUT2D eigenvalue weighted by molar-refractivity contribution is 5.23. The van der Waals surface area contributed by atoms with Gasteiger partial charge in [0.1, 0.15) is 0 Å². The summed E-state index contributed by atoms with van der Waals surface area (Å²) in [4.78, 5) is 2.52. The van der Waals surface area contributed by atoms with Crippen LogP contribution in [-0.2, 0) is 17.8 Å². The Balaban J connectivity index is 1.96. The lowest BCUT2D eigenvalue weighted by molar-refractivity contribution is -0.0526. The molecular weight excluding hydrogens is 248 g/mol. The van der Waals surface area contributed by atoms with E-state index in [2.05, 4.69) is 62.2 Å². The Morgan fingerprint density at radius 3 is 2.80 bits per heavy atom. The van der Waals surface area contributed by atoms with E-state index in [9.17, 15) is 0 Å². The molecule has 2 atom stereocenters. The van der Waals surface area contributed by atoms with Crippen molar-refractivity contribution < 1.29 is 4.74 Å². The maximum atomic E-state index is 5.69. The first-order valence-corrected chi connectivity index (χ1v) is 7.71. The van der Waals surface area contributed by atoms with Crippen LogP contribution in [0.4, 0.5) is 0 Å². The normalized spacial score (nSPS) is 24.2. The molecule has 0 saturated carbocycles. The number of nitrogens with one attached hydrogen (secondary N) is 1. The van der Waals surface area contributed by atoms with Crippen molar-refractivity contribution in [3.63, 3.8) is 0 Å². The predicted molar refractivity (Wildman–Crippen MR) is 83.7 cm³/mol. The highest BCUT2D eigenvalue weighted by Gasteiger charge is 2.23. The number of hydrogen-bond donors (Lipinski definition) is 1. The molecule has 0 spiro atoms. The SMILES string of the molecule is CC(C)NCc1cccc(CN2CC(C)OCC2C)c1. The van der Waals surface area contributed by atoms with Gasteiger partial charge in [-0.25, -0.2) is 0 Å². The minimum absolute atomic E-state index is 0.344. The summed E-state index contributed by atoms with van der Waals surface area (Å²) in [6.45, 7) is 12.6. The molecule has 1 aromatic carbocycles. The van der Waals surface area contributed by atoms with Crippen LogP contribution in [-0.4, -0.2) is 36.2 Å². The zero-order chi connectivity index (χ0) is 14.5. The van der Waals surface area contributed by atoms with E-state index >= 15 is 0 Å². The highest BCUT2D eigenvalue weighted by Crippen LogP contribution is 2.16. The molecule has 1 heterocycles. The van der Waals surface area contributed by atoms with Crippen LogP contribution < -0.4 is 5.32 Å². The summed E-state index contributed by atoms with van der Waals surface area (Å²) >= 11 is 0. The maximum absolute atomic E-state index is 5.69. The summed E-state index contributed by atoms with van der Waals surface area (Å²) in [7, 11) is 0. The molecule has 2 rings (SSSR count). The molecule has 3 heteroatoms. The molecule has 20 heavy (non-hydrogen) atoms. The van der Waals surface area contributed by atoms with Crippen molar-refractivity contribution in [3.05, 3.63) is 35.4 Å². The van der Waals surface area contributed by atoms with Crippen molar-refractivity contribution in [2.45, 2.75) is 59.0 Å². The van der Waals surface area contributed by atoms with Crippen molar-refractivity contribution in [3.8, 4) is 0 Å². The van der Waals surface area contributed by atoms with Gasteiger partial charge in [-0.15, -0.1) is 0 Å². The molecule has 1 fully saturated rings. The Bertz CT molecular complexity index is 419. The first-order chi connectivity index (χ1) is 9.54. The Labute approximate surface area is 123 Å². The molecular formula is C17H28N2O. The summed E-state index contributed by atoms with van der Waals surface area (Å²) in [5.74, 6) is 0. The Morgan fingerprint density at radius 1 is 1.30 bits per heavy atom. The van der Waals surface area contributed by atoms with Gasteiger partial charge in [-0.2, -0.15) is 0 Å². The minimum Gasteiger partial charge on any atom is -0.376 e. The fourth-order valence-corrected chi connectivity index (χ4v) is 2.59. The average Bonchev–Trinajstić information content (AvgIpc) is 2.41. The molecule has 1 saturated heterocycles. The van der Waals surface area contributed by atoms with E-state index in [0.29, 0.717) is 18.2 Å². The summed E-state index contributed by atoms with van der Waals surface area (Å²) < 4.78 is 5.69. The molecule has 1 aromatic rings. The van der Waals surface area contributed by atoms with E-state index < -0.39 is 0 Å². The quantitative estimate of drug-likeness (QED) is 0.895. The highest BCUT2D eigenvalue weighted by atomic mass is 16.5. The minimum atomic E-state index is 0.344. The van der Waals surface area contributed by atoms with Crippen molar-refractivity contribution in [2.24, 2.45) is 0 Å². The van der Waals surface area contributed by atoms with E-state index in [4.69, 9.17) is 4.74 Å². The second-order valence-electron chi connectivity index (χ2n) is 6.28. The van der Waals surface area contributed by atoms with Gasteiger partial charge >= 0.3 is 0 Å². The third-order valence-electron chi connectivity index (χ3n) is 3.83. The summed E-state index contributed by atoms with van der Waals surface area (Å²) in [5.41, 5.74) is 2.76. The summed E-state index contributed by atoms with van der Waals surface area (Å²) in [6, 6.07) is 9.95. The van der Waals surface area contributed by atoms with Gasteiger partial charge in [-0.1, -0.05) is 38.1 Å². The van der Waals surface area contributed by atoms with Crippen LogP contribution in [0, 0.1) is 0 Å². The number of morpholine rings is 1. The second-order valence-corrected chi connectivity index (χ2v) is 6.28. The van der Waals surface area contributed by atoms with Crippen LogP contribution >= 0.6 is 0 Å². The van der Waals surface area contributed by atoms with Gasteiger partial charge in [-0.05, 0) is 25.0 Å². The summed E-state index contributed by atoms with van der Waals surface area (Å²) in [6.07, 6.45) is 0.344. The number of ether oxygens (including phenoxy) is 1. The van der Waals surface area contributed by atoms with Crippen LogP contribution in [0.2, 0.25) is 0 Å². The van der Waals surface area contributed by atoms with Crippen LogP contribution in [0.5, 0.6) is 0 Å². The first kappa shape index (κ1) is 15.5. The standard InChI is InChI=1S/C17H28N2O/c1-13(2)18-9-16-6-5-7-17(8-16)11-19-10-15(4)20-12-14(19)3/h5-8,13-15,18H,9-12H2,1-4H3. The maximum Gasteiger partial charge on any atom is 0.0674 e. The van der Waals surface area contributed by atoms with Gasteiger partial charge in [0.25, 0.3) is 0 Å². The predicted octanol–water partition coefficient (Wildman–Crippen LogP) is 2.79. The number of rotatable bonds is 5. The number of hydrogen-bond acceptors (Lipinski definition) is 3. The average molecular weight is 276 g/mol. The third kappa shape index (κ3) is 4.58. The Kier molecular flexibility index (Phi) is 5.58. The molecule has 1 aliphatic heterocycles. The topological polar surface area (TPSA) is 24.5 Å². The van der Waals surface area contributed by atoms with Crippen LogP contribution in [0.3, 0.4) is 0 Å². The molecule has 3 nitrogen and oxygen atoms in total. The Morgan fingerprint density at radius 2 is 2.05 bits per heavy atom.